The molecule has 2 heterocycles. The molecule has 1 saturated heterocycles. The van der Waals surface area contributed by atoms with E-state index < -0.39 is 6.29 Å². The first-order valence-corrected chi connectivity index (χ1v) is 10.1. The molecule has 5 heteroatoms. The molecule has 4 N–H and O–H groups in total. The second-order valence-corrected chi connectivity index (χ2v) is 7.83. The molecule has 0 radical (unpaired) electrons. The van der Waals surface area contributed by atoms with Gasteiger partial charge in [-0.05, 0) is 73.8 Å². The first kappa shape index (κ1) is 18.3. The summed E-state index contributed by atoms with van der Waals surface area (Å²) in [5, 5.41) is 22.0. The summed E-state index contributed by atoms with van der Waals surface area (Å²) in [6.45, 7) is 2.21. The monoisotopic (exact) mass is 368 g/mol. The average molecular weight is 368 g/mol. The van der Waals surface area contributed by atoms with E-state index in [1.807, 2.05) is 6.08 Å². The maximum absolute atomic E-state index is 12.6. The Morgan fingerprint density at radius 1 is 1.22 bits per heavy atom. The fourth-order valence-corrected chi connectivity index (χ4v) is 4.55. The van der Waals surface area contributed by atoms with Crippen LogP contribution in [0, 0.1) is 5.92 Å². The number of carbonyl (C=O) groups excluding carboxylic acids is 1. The molecule has 0 saturated carbocycles. The Hall–Kier alpha value is -2.11. The van der Waals surface area contributed by atoms with Gasteiger partial charge in [-0.3, -0.25) is 4.79 Å². The number of H-pyrrole nitrogens is 1. The highest BCUT2D eigenvalue weighted by Crippen LogP contribution is 2.38. The molecule has 4 rings (SSSR count). The minimum atomic E-state index is -1.47. The van der Waals surface area contributed by atoms with Crippen molar-refractivity contribution < 1.29 is 15.0 Å². The molecular formula is C22H28N2O3. The molecule has 1 aromatic rings. The lowest BCUT2D eigenvalue weighted by atomic mass is 9.86. The number of fused-ring (bicyclic) bond motifs is 2. The minimum Gasteiger partial charge on any atom is -0.365 e. The van der Waals surface area contributed by atoms with E-state index in [9.17, 15) is 15.0 Å². The molecule has 3 aliphatic rings. The summed E-state index contributed by atoms with van der Waals surface area (Å²) in [5.74, 6) is -0.205. The molecule has 144 valence electrons. The van der Waals surface area contributed by atoms with Crippen molar-refractivity contribution in [3.63, 3.8) is 0 Å². The Balaban J connectivity index is 1.69. The van der Waals surface area contributed by atoms with Crippen molar-refractivity contribution in [3.05, 3.63) is 51.5 Å². The highest BCUT2D eigenvalue weighted by atomic mass is 16.5. The molecule has 0 aromatic carbocycles. The van der Waals surface area contributed by atoms with Gasteiger partial charge in [0.15, 0.2) is 6.29 Å². The lowest BCUT2D eigenvalue weighted by Gasteiger charge is -2.19. The number of aryl methyl sites for hydroxylation is 1. The van der Waals surface area contributed by atoms with Gasteiger partial charge < -0.3 is 20.5 Å². The van der Waals surface area contributed by atoms with Crippen molar-refractivity contribution in [2.45, 2.75) is 64.6 Å². The summed E-state index contributed by atoms with van der Waals surface area (Å²) in [6, 6.07) is 0. The minimum absolute atomic E-state index is 0.0809. The summed E-state index contributed by atoms with van der Waals surface area (Å²) in [4.78, 5) is 16.2. The summed E-state index contributed by atoms with van der Waals surface area (Å²) in [7, 11) is 0. The standard InChI is InChI=1S/C22H28N2O3/c1-2-3-8-18-14-6-4-5-7-15(14)20(23-18)12-17-16-11-13(22(26)27)9-10-19(16)24-21(17)25/h9-10,12,16,22-23,26-27H,2-8,11H2,1H3,(H,24,25)/b17-12-/t16-/m0/s1. The van der Waals surface area contributed by atoms with Gasteiger partial charge in [0.2, 0.25) is 0 Å². The molecule has 0 unspecified atom stereocenters. The van der Waals surface area contributed by atoms with Gasteiger partial charge in [-0.2, -0.15) is 0 Å². The number of aromatic amines is 1. The van der Waals surface area contributed by atoms with E-state index in [-0.39, 0.29) is 11.8 Å². The molecular weight excluding hydrogens is 340 g/mol. The Morgan fingerprint density at radius 2 is 2.00 bits per heavy atom. The third-order valence-corrected chi connectivity index (χ3v) is 6.04. The van der Waals surface area contributed by atoms with Crippen molar-refractivity contribution >= 4 is 12.0 Å². The number of amides is 1. The van der Waals surface area contributed by atoms with Gasteiger partial charge in [-0.15, -0.1) is 0 Å². The van der Waals surface area contributed by atoms with Crippen LogP contribution in [0.15, 0.2) is 29.0 Å². The molecule has 1 aromatic heterocycles. The number of aliphatic hydroxyl groups is 2. The van der Waals surface area contributed by atoms with Crippen LogP contribution in [0.25, 0.3) is 6.08 Å². The van der Waals surface area contributed by atoms with E-state index in [0.29, 0.717) is 17.6 Å². The summed E-state index contributed by atoms with van der Waals surface area (Å²) >= 11 is 0. The zero-order chi connectivity index (χ0) is 19.0. The number of carbonyl (C=O) groups is 1. The summed E-state index contributed by atoms with van der Waals surface area (Å²) in [6.07, 6.45) is 12.5. The van der Waals surface area contributed by atoms with Gasteiger partial charge in [0.05, 0.1) is 0 Å². The molecule has 0 bridgehead atoms. The molecule has 1 amide bonds. The Kier molecular flexibility index (Phi) is 5.06. The average Bonchev–Trinajstić information content (AvgIpc) is 3.17. The van der Waals surface area contributed by atoms with Crippen molar-refractivity contribution in [1.29, 1.82) is 0 Å². The number of unbranched alkanes of at least 4 members (excludes halogenated alkanes) is 1. The number of aromatic nitrogens is 1. The van der Waals surface area contributed by atoms with Crippen LogP contribution in [0.3, 0.4) is 0 Å². The van der Waals surface area contributed by atoms with Gasteiger partial charge >= 0.3 is 0 Å². The van der Waals surface area contributed by atoms with E-state index in [2.05, 4.69) is 17.2 Å². The van der Waals surface area contributed by atoms with Crippen LogP contribution in [-0.2, 0) is 24.1 Å². The van der Waals surface area contributed by atoms with Crippen molar-refractivity contribution in [3.8, 4) is 0 Å². The largest absolute Gasteiger partial charge is 0.365 e. The quantitative estimate of drug-likeness (QED) is 0.476. The molecule has 5 nitrogen and oxygen atoms in total. The maximum atomic E-state index is 12.6. The number of aliphatic hydroxyl groups excluding tert-OH is 1. The van der Waals surface area contributed by atoms with Gasteiger partial charge in [0, 0.05) is 28.6 Å². The van der Waals surface area contributed by atoms with E-state index in [1.165, 1.54) is 42.5 Å². The third-order valence-electron chi connectivity index (χ3n) is 6.04. The molecule has 0 spiro atoms. The predicted molar refractivity (Wildman–Crippen MR) is 105 cm³/mol. The van der Waals surface area contributed by atoms with E-state index in [1.54, 1.807) is 12.2 Å². The highest BCUT2D eigenvalue weighted by molar-refractivity contribution is 6.03. The number of allylic oxidation sites excluding steroid dienone is 3. The van der Waals surface area contributed by atoms with Gasteiger partial charge in [0.25, 0.3) is 5.91 Å². The Morgan fingerprint density at radius 3 is 2.74 bits per heavy atom. The molecule has 1 atom stereocenters. The van der Waals surface area contributed by atoms with Gasteiger partial charge in [-0.25, -0.2) is 0 Å². The molecule has 27 heavy (non-hydrogen) atoms. The molecule has 1 aliphatic heterocycles. The second-order valence-electron chi connectivity index (χ2n) is 7.83. The van der Waals surface area contributed by atoms with Crippen LogP contribution in [0.2, 0.25) is 0 Å². The fourth-order valence-electron chi connectivity index (χ4n) is 4.55. The molecule has 1 fully saturated rings. The van der Waals surface area contributed by atoms with Crippen molar-refractivity contribution in [1.82, 2.24) is 10.3 Å². The van der Waals surface area contributed by atoms with E-state index in [4.69, 9.17) is 0 Å². The third kappa shape index (κ3) is 3.42. The predicted octanol–water partition coefficient (Wildman–Crippen LogP) is 2.89. The van der Waals surface area contributed by atoms with Crippen molar-refractivity contribution in [2.24, 2.45) is 5.92 Å². The normalized spacial score (nSPS) is 23.2. The first-order valence-electron chi connectivity index (χ1n) is 10.1. The zero-order valence-electron chi connectivity index (χ0n) is 15.8. The second kappa shape index (κ2) is 7.49. The summed E-state index contributed by atoms with van der Waals surface area (Å²) in [5.41, 5.74) is 7.35. The topological polar surface area (TPSA) is 85.4 Å². The highest BCUT2D eigenvalue weighted by Gasteiger charge is 2.36. The van der Waals surface area contributed by atoms with Crippen LogP contribution in [0.1, 0.15) is 61.5 Å². The van der Waals surface area contributed by atoms with Crippen LogP contribution in [0.4, 0.5) is 0 Å². The zero-order valence-corrected chi connectivity index (χ0v) is 15.8. The fraction of sp³-hybridized carbons (Fsp3) is 0.500. The lowest BCUT2D eigenvalue weighted by Crippen LogP contribution is -2.17. The number of hydrogen-bond acceptors (Lipinski definition) is 3. The maximum Gasteiger partial charge on any atom is 0.252 e. The van der Waals surface area contributed by atoms with Crippen LogP contribution in [-0.4, -0.2) is 27.4 Å². The number of hydrogen-bond donors (Lipinski definition) is 4. The Bertz CT molecular complexity index is 842. The number of rotatable bonds is 5. The molecule has 2 aliphatic carbocycles. The smallest absolute Gasteiger partial charge is 0.252 e. The number of nitrogens with one attached hydrogen (secondary N) is 2. The van der Waals surface area contributed by atoms with Gasteiger partial charge in [-0.1, -0.05) is 19.4 Å². The Labute approximate surface area is 159 Å². The van der Waals surface area contributed by atoms with Crippen molar-refractivity contribution in [2.75, 3.05) is 0 Å². The van der Waals surface area contributed by atoms with E-state index in [0.717, 1.165) is 30.7 Å². The van der Waals surface area contributed by atoms with Crippen LogP contribution < -0.4 is 5.32 Å². The van der Waals surface area contributed by atoms with E-state index >= 15 is 0 Å². The van der Waals surface area contributed by atoms with Crippen LogP contribution >= 0.6 is 0 Å². The first-order chi connectivity index (χ1) is 13.1. The summed E-state index contributed by atoms with van der Waals surface area (Å²) < 4.78 is 0. The lowest BCUT2D eigenvalue weighted by molar-refractivity contribution is -0.115. The van der Waals surface area contributed by atoms with Crippen LogP contribution in [0.5, 0.6) is 0 Å². The SMILES string of the molecule is CCCCc1[nH]c(/C=C2\C(=O)NC3=CC=C(C(O)O)C[C@H]32)c2c1CCCC2. The van der Waals surface area contributed by atoms with Gasteiger partial charge in [0.1, 0.15) is 0 Å².